The first-order valence-electron chi connectivity index (χ1n) is 13.5. The van der Waals surface area contributed by atoms with Gasteiger partial charge >= 0.3 is 0 Å². The maximum Gasteiger partial charge on any atom is 0.164 e. The predicted octanol–water partition coefficient (Wildman–Crippen LogP) is 2.46. The van der Waals surface area contributed by atoms with Crippen LogP contribution in [0.25, 0.3) is 0 Å². The molecule has 4 N–H and O–H groups in total. The standard InChI is InChI=1S/C28H44O8/c1-24(2)35-22(13-23(32)34-6)27(5,36-24)21-8-10-28(33)16-11-18(29)17-12-19(30)20(31)14-25(17,3)15(16)7-9-26(21,28)4/h11,15,17,19-23,30-33H,7-10,12-14H2,1-6H3/t15-,17-,19+,20-,21-,22+,23?,25+,26+,27+,28+/m0/s1. The Bertz CT molecular complexity index is 948. The molecule has 0 aromatic rings. The number of methoxy groups -OCH3 is 1. The number of aliphatic hydroxyl groups is 4. The Morgan fingerprint density at radius 3 is 2.44 bits per heavy atom. The summed E-state index contributed by atoms with van der Waals surface area (Å²) >= 11 is 0. The van der Waals surface area contributed by atoms with Gasteiger partial charge in [-0.1, -0.05) is 13.8 Å². The average molecular weight is 509 g/mol. The van der Waals surface area contributed by atoms with E-state index in [4.69, 9.17) is 14.2 Å². The van der Waals surface area contributed by atoms with Gasteiger partial charge in [0.1, 0.15) is 0 Å². The van der Waals surface area contributed by atoms with Gasteiger partial charge in [0, 0.05) is 24.9 Å². The minimum Gasteiger partial charge on any atom is -0.390 e. The Hall–Kier alpha value is -0.870. The molecule has 5 rings (SSSR count). The molecule has 1 unspecified atom stereocenters. The Kier molecular flexibility index (Phi) is 6.17. The Morgan fingerprint density at radius 2 is 1.78 bits per heavy atom. The fraction of sp³-hybridized carbons (Fsp3) is 0.893. The van der Waals surface area contributed by atoms with E-state index in [0.29, 0.717) is 19.3 Å². The molecule has 0 spiro atoms. The van der Waals surface area contributed by atoms with Crippen LogP contribution < -0.4 is 0 Å². The lowest BCUT2D eigenvalue weighted by Gasteiger charge is -2.60. The minimum atomic E-state index is -1.19. The second kappa shape index (κ2) is 8.31. The van der Waals surface area contributed by atoms with Crippen molar-refractivity contribution in [2.45, 2.75) is 121 Å². The maximum atomic E-state index is 13.4. The number of carbonyl (C=O) groups excluding carboxylic acids is 1. The summed E-state index contributed by atoms with van der Waals surface area (Å²) in [6.45, 7) is 9.94. The molecule has 8 nitrogen and oxygen atoms in total. The van der Waals surface area contributed by atoms with Gasteiger partial charge in [0.2, 0.25) is 0 Å². The van der Waals surface area contributed by atoms with Crippen LogP contribution in [0, 0.1) is 28.6 Å². The Morgan fingerprint density at radius 1 is 1.08 bits per heavy atom. The van der Waals surface area contributed by atoms with Crippen molar-refractivity contribution in [1.82, 2.24) is 0 Å². The van der Waals surface area contributed by atoms with E-state index in [-0.39, 0.29) is 36.4 Å². The summed E-state index contributed by atoms with van der Waals surface area (Å²) in [5.41, 5.74) is -2.23. The topological polar surface area (TPSA) is 126 Å². The van der Waals surface area contributed by atoms with Crippen molar-refractivity contribution < 1.29 is 39.4 Å². The van der Waals surface area contributed by atoms with E-state index in [9.17, 15) is 25.2 Å². The number of aliphatic hydroxyl groups excluding tert-OH is 3. The SMILES string of the molecule is COC(O)C[C@H]1OC(C)(C)O[C@]1(C)[C@H]1CC[C@@]2(O)C3=CC(=O)[C@@H]4C[C@@H](O)[C@@H](O)C[C@]4(C)[C@H]3CC[C@]12C. The molecule has 4 aliphatic carbocycles. The molecule has 0 radical (unpaired) electrons. The normalized spacial score (nSPS) is 52.8. The van der Waals surface area contributed by atoms with Crippen molar-refractivity contribution in [1.29, 1.82) is 0 Å². The Labute approximate surface area is 214 Å². The van der Waals surface area contributed by atoms with Crippen molar-refractivity contribution in [3.05, 3.63) is 11.6 Å². The predicted molar refractivity (Wildman–Crippen MR) is 131 cm³/mol. The van der Waals surface area contributed by atoms with E-state index in [1.807, 2.05) is 20.8 Å². The van der Waals surface area contributed by atoms with Gasteiger partial charge < -0.3 is 34.6 Å². The van der Waals surface area contributed by atoms with Crippen LogP contribution in [-0.2, 0) is 19.0 Å². The molecule has 0 aromatic heterocycles. The summed E-state index contributed by atoms with van der Waals surface area (Å²) in [6.07, 6.45) is 2.10. The van der Waals surface area contributed by atoms with E-state index in [0.717, 1.165) is 18.4 Å². The third-order valence-corrected chi connectivity index (χ3v) is 11.0. The lowest BCUT2D eigenvalue weighted by Crippen LogP contribution is -2.62. The molecule has 204 valence electrons. The van der Waals surface area contributed by atoms with Gasteiger partial charge in [-0.2, -0.15) is 0 Å². The van der Waals surface area contributed by atoms with Gasteiger partial charge in [0.25, 0.3) is 0 Å². The fourth-order valence-electron chi connectivity index (χ4n) is 9.23. The number of allylic oxidation sites excluding steroid dienone is 1. The van der Waals surface area contributed by atoms with Crippen molar-refractivity contribution in [2.75, 3.05) is 7.11 Å². The van der Waals surface area contributed by atoms with Crippen LogP contribution in [0.5, 0.6) is 0 Å². The summed E-state index contributed by atoms with van der Waals surface area (Å²) in [6, 6.07) is 0. The zero-order chi connectivity index (χ0) is 26.5. The summed E-state index contributed by atoms with van der Waals surface area (Å²) in [5.74, 6) is -1.35. The van der Waals surface area contributed by atoms with Crippen molar-refractivity contribution >= 4 is 5.78 Å². The van der Waals surface area contributed by atoms with Crippen molar-refractivity contribution in [3.8, 4) is 0 Å². The zero-order valence-corrected chi connectivity index (χ0v) is 22.5. The van der Waals surface area contributed by atoms with E-state index in [2.05, 4.69) is 13.8 Å². The maximum absolute atomic E-state index is 13.4. The van der Waals surface area contributed by atoms with Crippen LogP contribution in [0.4, 0.5) is 0 Å². The lowest BCUT2D eigenvalue weighted by atomic mass is 9.45. The first kappa shape index (κ1) is 26.7. The highest BCUT2D eigenvalue weighted by atomic mass is 16.8. The highest BCUT2D eigenvalue weighted by molar-refractivity contribution is 5.95. The molecule has 11 atom stereocenters. The molecule has 0 aromatic carbocycles. The highest BCUT2D eigenvalue weighted by Gasteiger charge is 2.71. The summed E-state index contributed by atoms with van der Waals surface area (Å²) in [4.78, 5) is 13.4. The highest BCUT2D eigenvalue weighted by Crippen LogP contribution is 2.69. The van der Waals surface area contributed by atoms with Crippen LogP contribution in [0.1, 0.15) is 79.6 Å². The quantitative estimate of drug-likeness (QED) is 0.427. The van der Waals surface area contributed by atoms with Gasteiger partial charge in [-0.3, -0.25) is 4.79 Å². The van der Waals surface area contributed by atoms with E-state index >= 15 is 0 Å². The van der Waals surface area contributed by atoms with Crippen LogP contribution >= 0.6 is 0 Å². The largest absolute Gasteiger partial charge is 0.390 e. The number of rotatable bonds is 4. The number of hydrogen-bond acceptors (Lipinski definition) is 8. The second-order valence-electron chi connectivity index (χ2n) is 13.3. The third-order valence-electron chi connectivity index (χ3n) is 11.0. The van der Waals surface area contributed by atoms with Crippen molar-refractivity contribution in [3.63, 3.8) is 0 Å². The van der Waals surface area contributed by atoms with Gasteiger partial charge in [0.05, 0.1) is 29.5 Å². The zero-order valence-electron chi connectivity index (χ0n) is 22.5. The minimum absolute atomic E-state index is 0.0321. The molecule has 5 aliphatic rings. The molecule has 8 heteroatoms. The van der Waals surface area contributed by atoms with Gasteiger partial charge in [-0.05, 0) is 88.2 Å². The number of ether oxygens (including phenoxy) is 3. The Balaban J connectivity index is 1.52. The van der Waals surface area contributed by atoms with Crippen LogP contribution in [-0.4, -0.2) is 74.9 Å². The smallest absolute Gasteiger partial charge is 0.164 e. The number of carbonyl (C=O) groups is 1. The summed E-state index contributed by atoms with van der Waals surface area (Å²) < 4.78 is 18.0. The summed E-state index contributed by atoms with van der Waals surface area (Å²) in [7, 11) is 1.46. The lowest BCUT2D eigenvalue weighted by molar-refractivity contribution is -0.191. The molecule has 36 heavy (non-hydrogen) atoms. The first-order valence-corrected chi connectivity index (χ1v) is 13.5. The average Bonchev–Trinajstić information content (AvgIpc) is 3.19. The fourth-order valence-corrected chi connectivity index (χ4v) is 9.23. The number of ketones is 1. The van der Waals surface area contributed by atoms with Crippen LogP contribution in [0.2, 0.25) is 0 Å². The van der Waals surface area contributed by atoms with E-state index in [1.165, 1.54) is 7.11 Å². The van der Waals surface area contributed by atoms with E-state index in [1.54, 1.807) is 6.08 Å². The molecule has 1 saturated heterocycles. The van der Waals surface area contributed by atoms with Crippen LogP contribution in [0.15, 0.2) is 11.6 Å². The molecule has 0 amide bonds. The molecule has 1 heterocycles. The van der Waals surface area contributed by atoms with Crippen LogP contribution in [0.3, 0.4) is 0 Å². The molecule has 0 bridgehead atoms. The monoisotopic (exact) mass is 508 g/mol. The molecule has 4 fully saturated rings. The van der Waals surface area contributed by atoms with Crippen molar-refractivity contribution in [2.24, 2.45) is 28.6 Å². The summed E-state index contributed by atoms with van der Waals surface area (Å²) in [5, 5.41) is 43.6. The molecule has 3 saturated carbocycles. The molecule has 1 aliphatic heterocycles. The number of hydrogen-bond donors (Lipinski definition) is 4. The van der Waals surface area contributed by atoms with E-state index < -0.39 is 52.4 Å². The number of fused-ring (bicyclic) bond motifs is 5. The second-order valence-corrected chi connectivity index (χ2v) is 13.3. The van der Waals surface area contributed by atoms with Gasteiger partial charge in [-0.25, -0.2) is 0 Å². The van der Waals surface area contributed by atoms with Gasteiger partial charge in [-0.15, -0.1) is 0 Å². The third kappa shape index (κ3) is 3.55. The van der Waals surface area contributed by atoms with Gasteiger partial charge in [0.15, 0.2) is 17.9 Å². The molecular weight excluding hydrogens is 464 g/mol. The molecular formula is C28H44O8. The first-order chi connectivity index (χ1) is 16.6.